The molecule has 2 aromatic rings. The molecule has 0 spiro atoms. The Kier molecular flexibility index (Phi) is 4.19. The fourth-order valence-electron chi connectivity index (χ4n) is 1.89. The van der Waals surface area contributed by atoms with Gasteiger partial charge in [-0.25, -0.2) is 4.39 Å². The van der Waals surface area contributed by atoms with Gasteiger partial charge in [0.1, 0.15) is 0 Å². The van der Waals surface area contributed by atoms with Crippen LogP contribution in [0.4, 0.5) is 10.1 Å². The number of amides is 1. The number of nitriles is 1. The van der Waals surface area contributed by atoms with Gasteiger partial charge in [0.05, 0.1) is 18.7 Å². The van der Waals surface area contributed by atoms with Crippen molar-refractivity contribution in [2.24, 2.45) is 0 Å². The first-order chi connectivity index (χ1) is 10.1. The van der Waals surface area contributed by atoms with Crippen molar-refractivity contribution >= 4 is 11.6 Å². The average Bonchev–Trinajstić information content (AvgIpc) is 2.54. The summed E-state index contributed by atoms with van der Waals surface area (Å²) in [4.78, 5) is 13.8. The molecule has 0 aromatic heterocycles. The Labute approximate surface area is 122 Å². The molecule has 5 heteroatoms. The molecule has 0 unspecified atom stereocenters. The van der Waals surface area contributed by atoms with Crippen LogP contribution < -0.4 is 9.64 Å². The van der Waals surface area contributed by atoms with Crippen LogP contribution in [0.2, 0.25) is 0 Å². The van der Waals surface area contributed by atoms with E-state index >= 15 is 0 Å². The summed E-state index contributed by atoms with van der Waals surface area (Å²) in [5, 5.41) is 8.89. The number of rotatable bonds is 3. The van der Waals surface area contributed by atoms with Crippen molar-refractivity contribution in [1.82, 2.24) is 0 Å². The van der Waals surface area contributed by atoms with Gasteiger partial charge in [0, 0.05) is 18.3 Å². The molecule has 0 aliphatic heterocycles. The van der Waals surface area contributed by atoms with Gasteiger partial charge in [0.2, 0.25) is 0 Å². The number of methoxy groups -OCH3 is 1. The minimum atomic E-state index is -0.525. The Hall–Kier alpha value is -2.87. The summed E-state index contributed by atoms with van der Waals surface area (Å²) in [7, 11) is 2.93. The Balaban J connectivity index is 2.33. The highest BCUT2D eigenvalue weighted by Gasteiger charge is 2.16. The van der Waals surface area contributed by atoms with Crippen LogP contribution in [0.1, 0.15) is 15.9 Å². The number of hydrogen-bond acceptors (Lipinski definition) is 3. The highest BCUT2D eigenvalue weighted by Crippen LogP contribution is 2.21. The van der Waals surface area contributed by atoms with Crippen LogP contribution in [0.25, 0.3) is 0 Å². The van der Waals surface area contributed by atoms with E-state index in [0.717, 1.165) is 0 Å². The van der Waals surface area contributed by atoms with Crippen LogP contribution in [0, 0.1) is 17.1 Å². The Morgan fingerprint density at radius 1 is 1.29 bits per heavy atom. The first-order valence-corrected chi connectivity index (χ1v) is 6.18. The number of carbonyl (C=O) groups is 1. The van der Waals surface area contributed by atoms with E-state index in [1.54, 1.807) is 31.3 Å². The molecule has 0 bridgehead atoms. The lowest BCUT2D eigenvalue weighted by Crippen LogP contribution is -2.26. The Bertz CT molecular complexity index is 722. The second kappa shape index (κ2) is 6.06. The number of ether oxygens (including phenoxy) is 1. The maximum Gasteiger partial charge on any atom is 0.258 e. The van der Waals surface area contributed by atoms with Gasteiger partial charge >= 0.3 is 0 Å². The summed E-state index contributed by atoms with van der Waals surface area (Å²) >= 11 is 0. The maximum absolute atomic E-state index is 13.4. The van der Waals surface area contributed by atoms with Crippen molar-refractivity contribution in [3.8, 4) is 11.8 Å². The smallest absolute Gasteiger partial charge is 0.258 e. The molecule has 0 N–H and O–H groups in total. The molecule has 0 aliphatic rings. The van der Waals surface area contributed by atoms with Crippen molar-refractivity contribution in [1.29, 1.82) is 5.26 Å². The van der Waals surface area contributed by atoms with E-state index in [9.17, 15) is 9.18 Å². The van der Waals surface area contributed by atoms with Crippen LogP contribution in [0.3, 0.4) is 0 Å². The quantitative estimate of drug-likeness (QED) is 0.870. The lowest BCUT2D eigenvalue weighted by atomic mass is 10.1. The lowest BCUT2D eigenvalue weighted by molar-refractivity contribution is 0.0992. The molecular formula is C16H13FN2O2. The minimum absolute atomic E-state index is 0.0139. The Morgan fingerprint density at radius 2 is 2.05 bits per heavy atom. The molecule has 1 amide bonds. The van der Waals surface area contributed by atoms with Gasteiger partial charge in [-0.15, -0.1) is 0 Å². The van der Waals surface area contributed by atoms with E-state index < -0.39 is 5.82 Å². The second-order valence-electron chi connectivity index (χ2n) is 4.38. The maximum atomic E-state index is 13.4. The van der Waals surface area contributed by atoms with Crippen LogP contribution in [-0.4, -0.2) is 20.1 Å². The molecule has 4 nitrogen and oxygen atoms in total. The first kappa shape index (κ1) is 14.5. The fraction of sp³-hybridized carbons (Fsp3) is 0.125. The van der Waals surface area contributed by atoms with Crippen molar-refractivity contribution < 1.29 is 13.9 Å². The van der Waals surface area contributed by atoms with E-state index in [4.69, 9.17) is 10.00 Å². The number of carbonyl (C=O) groups excluding carboxylic acids is 1. The zero-order valence-corrected chi connectivity index (χ0v) is 11.6. The molecule has 0 saturated heterocycles. The molecule has 0 fully saturated rings. The molecule has 0 saturated carbocycles. The SMILES string of the molecule is COc1cc(C(=O)N(C)c2cccc(C#N)c2)ccc1F. The molecule has 2 aromatic carbocycles. The van der Waals surface area contributed by atoms with Gasteiger partial charge in [-0.1, -0.05) is 6.07 Å². The summed E-state index contributed by atoms with van der Waals surface area (Å²) < 4.78 is 18.2. The molecule has 0 heterocycles. The molecule has 0 aliphatic carbocycles. The van der Waals surface area contributed by atoms with Crippen LogP contribution >= 0.6 is 0 Å². The highest BCUT2D eigenvalue weighted by atomic mass is 19.1. The third-order valence-electron chi connectivity index (χ3n) is 3.07. The predicted octanol–water partition coefficient (Wildman–Crippen LogP) is 2.98. The van der Waals surface area contributed by atoms with E-state index in [0.29, 0.717) is 16.8 Å². The van der Waals surface area contributed by atoms with Gasteiger partial charge in [-0.05, 0) is 36.4 Å². The summed E-state index contributed by atoms with van der Waals surface area (Å²) in [5.74, 6) is -0.827. The number of benzene rings is 2. The van der Waals surface area contributed by atoms with E-state index in [1.807, 2.05) is 6.07 Å². The van der Waals surface area contributed by atoms with Gasteiger partial charge in [0.15, 0.2) is 11.6 Å². The average molecular weight is 284 g/mol. The molecule has 0 radical (unpaired) electrons. The Morgan fingerprint density at radius 3 is 2.71 bits per heavy atom. The van der Waals surface area contributed by atoms with Crippen molar-refractivity contribution in [2.75, 3.05) is 19.1 Å². The first-order valence-electron chi connectivity index (χ1n) is 6.18. The second-order valence-corrected chi connectivity index (χ2v) is 4.38. The van der Waals surface area contributed by atoms with Gasteiger partial charge in [0.25, 0.3) is 5.91 Å². The monoisotopic (exact) mass is 284 g/mol. The number of anilines is 1. The third kappa shape index (κ3) is 3.00. The molecule has 0 atom stereocenters. The largest absolute Gasteiger partial charge is 0.494 e. The van der Waals surface area contributed by atoms with Crippen molar-refractivity contribution in [3.63, 3.8) is 0 Å². The molecule has 2 rings (SSSR count). The predicted molar refractivity (Wildman–Crippen MR) is 76.8 cm³/mol. The summed E-state index contributed by atoms with van der Waals surface area (Å²) in [6, 6.07) is 12.6. The van der Waals surface area contributed by atoms with Crippen molar-refractivity contribution in [3.05, 3.63) is 59.4 Å². The normalized spacial score (nSPS) is 9.81. The molecule has 21 heavy (non-hydrogen) atoms. The van der Waals surface area contributed by atoms with Crippen LogP contribution in [0.15, 0.2) is 42.5 Å². The summed E-state index contributed by atoms with van der Waals surface area (Å²) in [6.07, 6.45) is 0. The minimum Gasteiger partial charge on any atom is -0.494 e. The standard InChI is InChI=1S/C16H13FN2O2/c1-19(13-5-3-4-11(8-13)10-18)16(20)12-6-7-14(17)15(9-12)21-2/h3-9H,1-2H3. The van der Waals surface area contributed by atoms with E-state index in [2.05, 4.69) is 0 Å². The number of halogens is 1. The van der Waals surface area contributed by atoms with Gasteiger partial charge in [-0.3, -0.25) is 4.79 Å². The number of hydrogen-bond donors (Lipinski definition) is 0. The van der Waals surface area contributed by atoms with E-state index in [1.165, 1.54) is 30.2 Å². The van der Waals surface area contributed by atoms with Crippen LogP contribution in [0.5, 0.6) is 5.75 Å². The zero-order chi connectivity index (χ0) is 15.4. The molecular weight excluding hydrogens is 271 g/mol. The summed E-state index contributed by atoms with van der Waals surface area (Å²) in [5.41, 5.74) is 1.35. The number of nitrogens with zero attached hydrogens (tertiary/aromatic N) is 2. The van der Waals surface area contributed by atoms with Gasteiger partial charge < -0.3 is 9.64 Å². The van der Waals surface area contributed by atoms with Gasteiger partial charge in [-0.2, -0.15) is 5.26 Å². The zero-order valence-electron chi connectivity index (χ0n) is 11.6. The highest BCUT2D eigenvalue weighted by molar-refractivity contribution is 6.06. The van der Waals surface area contributed by atoms with Crippen molar-refractivity contribution in [2.45, 2.75) is 0 Å². The topological polar surface area (TPSA) is 53.3 Å². The molecule has 106 valence electrons. The third-order valence-corrected chi connectivity index (χ3v) is 3.07. The summed E-state index contributed by atoms with van der Waals surface area (Å²) in [6.45, 7) is 0. The van der Waals surface area contributed by atoms with Crippen LogP contribution in [-0.2, 0) is 0 Å². The van der Waals surface area contributed by atoms with E-state index in [-0.39, 0.29) is 11.7 Å². The lowest BCUT2D eigenvalue weighted by Gasteiger charge is -2.18. The fourth-order valence-corrected chi connectivity index (χ4v) is 1.89.